The van der Waals surface area contributed by atoms with Gasteiger partial charge in [-0.25, -0.2) is 14.5 Å². The summed E-state index contributed by atoms with van der Waals surface area (Å²) in [6.45, 7) is 1.54. The third kappa shape index (κ3) is 4.39. The average Bonchev–Trinajstić information content (AvgIpc) is 3.60. The molecular formula is C25H24N4O3S. The summed E-state index contributed by atoms with van der Waals surface area (Å²) in [5.41, 5.74) is 3.11. The van der Waals surface area contributed by atoms with Crippen molar-refractivity contribution in [2.24, 2.45) is 0 Å². The summed E-state index contributed by atoms with van der Waals surface area (Å²) in [5.74, 6) is -0.826. The molecule has 1 aromatic carbocycles. The minimum absolute atomic E-state index is 0.181. The normalized spacial score (nSPS) is 14.0. The van der Waals surface area contributed by atoms with Crippen LogP contribution in [-0.4, -0.2) is 39.3 Å². The topological polar surface area (TPSA) is 86.1 Å². The van der Waals surface area contributed by atoms with Crippen molar-refractivity contribution in [1.82, 2.24) is 20.1 Å². The lowest BCUT2D eigenvalue weighted by molar-refractivity contribution is -0.124. The maximum atomic E-state index is 13.2. The number of rotatable bonds is 6. The summed E-state index contributed by atoms with van der Waals surface area (Å²) in [6, 6.07) is 15.5. The Balaban J connectivity index is 1.51. The van der Waals surface area contributed by atoms with Crippen LogP contribution in [0.4, 0.5) is 0 Å². The molecule has 3 heterocycles. The average molecular weight is 461 g/mol. The number of thiophene rings is 1. The number of fused-ring (bicyclic) bond motifs is 1. The van der Waals surface area contributed by atoms with Gasteiger partial charge in [0.25, 0.3) is 5.91 Å². The number of carbonyl (C=O) groups is 2. The van der Waals surface area contributed by atoms with Crippen molar-refractivity contribution in [3.05, 3.63) is 65.2 Å². The molecule has 1 aliphatic carbocycles. The van der Waals surface area contributed by atoms with Crippen LogP contribution in [-0.2, 0) is 9.53 Å². The SMILES string of the molecule is Cc1nn(-c2ccccc2)c2nc(-c3cccs3)cc(C(=O)OCC(=O)NC3CCCC3)c12. The number of nitrogens with one attached hydrogen (secondary N) is 1. The van der Waals surface area contributed by atoms with Gasteiger partial charge in [0, 0.05) is 6.04 Å². The van der Waals surface area contributed by atoms with Gasteiger partial charge in [0.15, 0.2) is 12.3 Å². The number of amides is 1. The lowest BCUT2D eigenvalue weighted by atomic mass is 10.1. The second kappa shape index (κ2) is 9.15. The summed E-state index contributed by atoms with van der Waals surface area (Å²) < 4.78 is 7.18. The van der Waals surface area contributed by atoms with Gasteiger partial charge in [-0.3, -0.25) is 4.79 Å². The zero-order valence-corrected chi connectivity index (χ0v) is 19.1. The molecule has 0 aliphatic heterocycles. The number of aryl methyl sites for hydroxylation is 1. The zero-order chi connectivity index (χ0) is 22.8. The summed E-state index contributed by atoms with van der Waals surface area (Å²) in [4.78, 5) is 31.2. The molecule has 0 saturated heterocycles. The number of benzene rings is 1. The van der Waals surface area contributed by atoms with Gasteiger partial charge in [-0.05, 0) is 49.4 Å². The summed E-state index contributed by atoms with van der Waals surface area (Å²) in [7, 11) is 0. The van der Waals surface area contributed by atoms with E-state index in [1.807, 2.05) is 54.8 Å². The smallest absolute Gasteiger partial charge is 0.339 e. The van der Waals surface area contributed by atoms with Gasteiger partial charge in [-0.15, -0.1) is 11.3 Å². The van der Waals surface area contributed by atoms with E-state index in [9.17, 15) is 9.59 Å². The van der Waals surface area contributed by atoms with Crippen molar-refractivity contribution in [3.63, 3.8) is 0 Å². The zero-order valence-electron chi connectivity index (χ0n) is 18.3. The van der Waals surface area contributed by atoms with Crippen LogP contribution >= 0.6 is 11.3 Å². The van der Waals surface area contributed by atoms with Gasteiger partial charge in [-0.1, -0.05) is 37.1 Å². The van der Waals surface area contributed by atoms with E-state index in [-0.39, 0.29) is 18.6 Å². The van der Waals surface area contributed by atoms with Crippen molar-refractivity contribution in [3.8, 4) is 16.3 Å². The van der Waals surface area contributed by atoms with Crippen LogP contribution in [0, 0.1) is 6.92 Å². The van der Waals surface area contributed by atoms with Crippen LogP contribution in [0.1, 0.15) is 41.7 Å². The highest BCUT2D eigenvalue weighted by atomic mass is 32.1. The number of esters is 1. The van der Waals surface area contributed by atoms with Crippen molar-refractivity contribution in [1.29, 1.82) is 0 Å². The molecule has 8 heteroatoms. The summed E-state index contributed by atoms with van der Waals surface area (Å²) in [6.07, 6.45) is 4.20. The van der Waals surface area contributed by atoms with Crippen LogP contribution in [0.3, 0.4) is 0 Å². The molecule has 1 fully saturated rings. The fourth-order valence-corrected chi connectivity index (χ4v) is 4.98. The fraction of sp³-hybridized carbons (Fsp3) is 0.280. The number of hydrogen-bond acceptors (Lipinski definition) is 6. The highest BCUT2D eigenvalue weighted by Gasteiger charge is 2.23. The van der Waals surface area contributed by atoms with Crippen LogP contribution in [0.25, 0.3) is 27.3 Å². The van der Waals surface area contributed by atoms with Gasteiger partial charge < -0.3 is 10.1 Å². The molecule has 1 amide bonds. The Bertz CT molecular complexity index is 1290. The largest absolute Gasteiger partial charge is 0.452 e. The van der Waals surface area contributed by atoms with E-state index in [0.29, 0.717) is 28.0 Å². The Morgan fingerprint density at radius 2 is 1.94 bits per heavy atom. The maximum absolute atomic E-state index is 13.2. The lowest BCUT2D eigenvalue weighted by Gasteiger charge is -2.12. The van der Waals surface area contributed by atoms with Crippen LogP contribution < -0.4 is 5.32 Å². The minimum atomic E-state index is -0.558. The van der Waals surface area contributed by atoms with Gasteiger partial charge >= 0.3 is 5.97 Å². The molecule has 4 aromatic rings. The summed E-state index contributed by atoms with van der Waals surface area (Å²) in [5, 5.41) is 10.2. The number of para-hydroxylation sites is 1. The predicted molar refractivity (Wildman–Crippen MR) is 128 cm³/mol. The van der Waals surface area contributed by atoms with E-state index in [1.165, 1.54) is 0 Å². The lowest BCUT2D eigenvalue weighted by Crippen LogP contribution is -2.35. The van der Waals surface area contributed by atoms with Crippen molar-refractivity contribution in [2.75, 3.05) is 6.61 Å². The molecule has 168 valence electrons. The molecule has 0 unspecified atom stereocenters. The second-order valence-electron chi connectivity index (χ2n) is 8.19. The number of aromatic nitrogens is 3. The number of hydrogen-bond donors (Lipinski definition) is 1. The van der Waals surface area contributed by atoms with Gasteiger partial charge in [0.05, 0.1) is 32.9 Å². The van der Waals surface area contributed by atoms with Gasteiger partial charge in [0.1, 0.15) is 0 Å². The number of ether oxygens (including phenoxy) is 1. The predicted octanol–water partition coefficient (Wildman–Crippen LogP) is 4.67. The molecule has 0 bridgehead atoms. The van der Waals surface area contributed by atoms with Crippen LogP contribution in [0.2, 0.25) is 0 Å². The van der Waals surface area contributed by atoms with E-state index in [0.717, 1.165) is 36.2 Å². The molecule has 0 radical (unpaired) electrons. The first-order valence-electron chi connectivity index (χ1n) is 11.1. The highest BCUT2D eigenvalue weighted by Crippen LogP contribution is 2.31. The van der Waals surface area contributed by atoms with Crippen molar-refractivity contribution >= 4 is 34.2 Å². The third-order valence-corrected chi connectivity index (χ3v) is 6.75. The minimum Gasteiger partial charge on any atom is -0.452 e. The first-order chi connectivity index (χ1) is 16.1. The molecule has 1 saturated carbocycles. The maximum Gasteiger partial charge on any atom is 0.339 e. The van der Waals surface area contributed by atoms with Crippen molar-refractivity contribution < 1.29 is 14.3 Å². The molecule has 5 rings (SSSR count). The Morgan fingerprint density at radius 3 is 2.67 bits per heavy atom. The quantitative estimate of drug-likeness (QED) is 0.423. The van der Waals surface area contributed by atoms with E-state index >= 15 is 0 Å². The van der Waals surface area contributed by atoms with Crippen LogP contribution in [0.5, 0.6) is 0 Å². The Kier molecular flexibility index (Phi) is 5.92. The van der Waals surface area contributed by atoms with Gasteiger partial charge in [0.2, 0.25) is 0 Å². The standard InChI is InChI=1S/C25H24N4O3S/c1-16-23-19(25(31)32-15-22(30)26-17-8-5-6-9-17)14-20(21-12-7-13-33-21)27-24(23)29(28-16)18-10-3-2-4-11-18/h2-4,7,10-14,17H,5-6,8-9,15H2,1H3,(H,26,30). The Morgan fingerprint density at radius 1 is 1.15 bits per heavy atom. The van der Waals surface area contributed by atoms with Crippen LogP contribution in [0.15, 0.2) is 53.9 Å². The first kappa shape index (κ1) is 21.3. The molecule has 1 aliphatic rings. The Labute approximate surface area is 195 Å². The molecule has 3 aromatic heterocycles. The Hall–Kier alpha value is -3.52. The molecular weight excluding hydrogens is 436 g/mol. The summed E-state index contributed by atoms with van der Waals surface area (Å²) >= 11 is 1.54. The molecule has 33 heavy (non-hydrogen) atoms. The first-order valence-corrected chi connectivity index (χ1v) is 11.9. The van der Waals surface area contributed by atoms with E-state index < -0.39 is 5.97 Å². The van der Waals surface area contributed by atoms with Gasteiger partial charge in [-0.2, -0.15) is 5.10 Å². The van der Waals surface area contributed by atoms with Crippen molar-refractivity contribution in [2.45, 2.75) is 38.6 Å². The molecule has 1 N–H and O–H groups in total. The number of carbonyl (C=O) groups excluding carboxylic acids is 2. The molecule has 7 nitrogen and oxygen atoms in total. The third-order valence-electron chi connectivity index (χ3n) is 5.86. The number of nitrogens with zero attached hydrogens (tertiary/aromatic N) is 3. The molecule has 0 atom stereocenters. The monoisotopic (exact) mass is 460 g/mol. The van der Waals surface area contributed by atoms with E-state index in [2.05, 4.69) is 10.4 Å². The second-order valence-corrected chi connectivity index (χ2v) is 9.14. The van der Waals surface area contributed by atoms with E-state index in [4.69, 9.17) is 9.72 Å². The van der Waals surface area contributed by atoms with E-state index in [1.54, 1.807) is 22.1 Å². The highest BCUT2D eigenvalue weighted by molar-refractivity contribution is 7.13. The number of pyridine rings is 1. The fourth-order valence-electron chi connectivity index (χ4n) is 4.30. The molecule has 0 spiro atoms.